The van der Waals surface area contributed by atoms with Crippen molar-refractivity contribution >= 4 is 5.91 Å². The predicted octanol–water partition coefficient (Wildman–Crippen LogP) is 1.45. The van der Waals surface area contributed by atoms with Crippen LogP contribution in [0.2, 0.25) is 0 Å². The summed E-state index contributed by atoms with van der Waals surface area (Å²) in [5.74, 6) is 0.848. The molecule has 0 radical (unpaired) electrons. The van der Waals surface area contributed by atoms with Gasteiger partial charge in [0.15, 0.2) is 0 Å². The number of nitrogens with zero attached hydrogens (tertiary/aromatic N) is 1. The zero-order valence-corrected chi connectivity index (χ0v) is 8.05. The lowest BCUT2D eigenvalue weighted by Gasteiger charge is -2.14. The van der Waals surface area contributed by atoms with Crippen molar-refractivity contribution in [1.29, 1.82) is 5.26 Å². The summed E-state index contributed by atoms with van der Waals surface area (Å²) in [5.41, 5.74) is 0. The van der Waals surface area contributed by atoms with Crippen LogP contribution in [0.5, 0.6) is 0 Å². The fourth-order valence-corrected chi connectivity index (χ4v) is 1.91. The van der Waals surface area contributed by atoms with Gasteiger partial charge in [-0.15, -0.1) is 0 Å². The van der Waals surface area contributed by atoms with Gasteiger partial charge in [0.25, 0.3) is 0 Å². The molecule has 0 saturated heterocycles. The van der Waals surface area contributed by atoms with Crippen molar-refractivity contribution in [2.24, 2.45) is 11.8 Å². The molecule has 1 rings (SSSR count). The summed E-state index contributed by atoms with van der Waals surface area (Å²) in [6.07, 6.45) is 3.75. The van der Waals surface area contributed by atoms with E-state index >= 15 is 0 Å². The SMILES string of the molecule is CC1CCCC1C(=O)NCCC#N. The lowest BCUT2D eigenvalue weighted by Crippen LogP contribution is -2.32. The Bertz CT molecular complexity index is 219. The molecule has 72 valence electrons. The predicted molar refractivity (Wildman–Crippen MR) is 49.7 cm³/mol. The smallest absolute Gasteiger partial charge is 0.223 e. The zero-order chi connectivity index (χ0) is 9.68. The summed E-state index contributed by atoms with van der Waals surface area (Å²) in [7, 11) is 0. The highest BCUT2D eigenvalue weighted by Crippen LogP contribution is 2.30. The summed E-state index contributed by atoms with van der Waals surface area (Å²) in [5, 5.41) is 11.1. The highest BCUT2D eigenvalue weighted by molar-refractivity contribution is 5.79. The maximum atomic E-state index is 11.5. The molecule has 1 aliphatic rings. The number of amides is 1. The third-order valence-corrected chi connectivity index (χ3v) is 2.73. The molecule has 0 aromatic rings. The third-order valence-electron chi connectivity index (χ3n) is 2.73. The van der Waals surface area contributed by atoms with Gasteiger partial charge in [0.05, 0.1) is 12.5 Å². The number of nitrogens with one attached hydrogen (secondary N) is 1. The minimum Gasteiger partial charge on any atom is -0.355 e. The molecule has 2 unspecified atom stereocenters. The molecule has 1 saturated carbocycles. The fraction of sp³-hybridized carbons (Fsp3) is 0.800. The molecule has 3 heteroatoms. The number of rotatable bonds is 3. The third kappa shape index (κ3) is 2.73. The molecule has 1 aliphatic carbocycles. The average Bonchev–Trinajstić information content (AvgIpc) is 2.52. The summed E-state index contributed by atoms with van der Waals surface area (Å²) >= 11 is 0. The van der Waals surface area contributed by atoms with E-state index in [1.807, 2.05) is 6.07 Å². The number of hydrogen-bond acceptors (Lipinski definition) is 2. The molecule has 0 aliphatic heterocycles. The van der Waals surface area contributed by atoms with Gasteiger partial charge in [-0.3, -0.25) is 4.79 Å². The van der Waals surface area contributed by atoms with E-state index < -0.39 is 0 Å². The van der Waals surface area contributed by atoms with E-state index in [2.05, 4.69) is 12.2 Å². The Morgan fingerprint density at radius 1 is 1.62 bits per heavy atom. The number of hydrogen-bond donors (Lipinski definition) is 1. The van der Waals surface area contributed by atoms with Gasteiger partial charge in [0.2, 0.25) is 5.91 Å². The Kier molecular flexibility index (Phi) is 3.75. The standard InChI is InChI=1S/C10H16N2O/c1-8-4-2-5-9(8)10(13)12-7-3-6-11/h8-9H,2-5,7H2,1H3,(H,12,13). The molecule has 13 heavy (non-hydrogen) atoms. The molecule has 2 atom stereocenters. The minimum absolute atomic E-state index is 0.139. The highest BCUT2D eigenvalue weighted by Gasteiger charge is 2.29. The second-order valence-corrected chi connectivity index (χ2v) is 3.71. The molecular formula is C10H16N2O. The van der Waals surface area contributed by atoms with Crippen LogP contribution in [0.1, 0.15) is 32.6 Å². The van der Waals surface area contributed by atoms with Gasteiger partial charge in [-0.1, -0.05) is 13.3 Å². The van der Waals surface area contributed by atoms with E-state index in [1.165, 1.54) is 0 Å². The van der Waals surface area contributed by atoms with Crippen LogP contribution in [0.25, 0.3) is 0 Å². The molecule has 0 spiro atoms. The van der Waals surface area contributed by atoms with Crippen molar-refractivity contribution in [2.75, 3.05) is 6.54 Å². The summed E-state index contributed by atoms with van der Waals surface area (Å²) in [6.45, 7) is 2.63. The van der Waals surface area contributed by atoms with Gasteiger partial charge >= 0.3 is 0 Å². The molecule has 1 fully saturated rings. The molecule has 0 heterocycles. The van der Waals surface area contributed by atoms with Gasteiger partial charge in [-0.25, -0.2) is 0 Å². The van der Waals surface area contributed by atoms with E-state index in [0.29, 0.717) is 18.9 Å². The van der Waals surface area contributed by atoms with Crippen LogP contribution in [0.15, 0.2) is 0 Å². The van der Waals surface area contributed by atoms with Crippen LogP contribution in [0.3, 0.4) is 0 Å². The largest absolute Gasteiger partial charge is 0.355 e. The van der Waals surface area contributed by atoms with Gasteiger partial charge < -0.3 is 5.32 Å². The first-order chi connectivity index (χ1) is 6.25. The maximum Gasteiger partial charge on any atom is 0.223 e. The van der Waals surface area contributed by atoms with Crippen LogP contribution in [0, 0.1) is 23.2 Å². The fourth-order valence-electron chi connectivity index (χ4n) is 1.91. The van der Waals surface area contributed by atoms with Crippen molar-refractivity contribution in [2.45, 2.75) is 32.6 Å². The van der Waals surface area contributed by atoms with Crippen LogP contribution in [-0.2, 0) is 4.79 Å². The first kappa shape index (κ1) is 10.0. The topological polar surface area (TPSA) is 52.9 Å². The molecule has 1 N–H and O–H groups in total. The summed E-state index contributed by atoms with van der Waals surface area (Å²) in [4.78, 5) is 11.5. The van der Waals surface area contributed by atoms with Crippen molar-refractivity contribution in [1.82, 2.24) is 5.32 Å². The Morgan fingerprint density at radius 2 is 2.38 bits per heavy atom. The Labute approximate surface area is 79.1 Å². The van der Waals surface area contributed by atoms with Gasteiger partial charge in [-0.2, -0.15) is 5.26 Å². The van der Waals surface area contributed by atoms with Crippen LogP contribution in [-0.4, -0.2) is 12.5 Å². The van der Waals surface area contributed by atoms with E-state index in [4.69, 9.17) is 5.26 Å². The van der Waals surface area contributed by atoms with Crippen LogP contribution >= 0.6 is 0 Å². The van der Waals surface area contributed by atoms with E-state index in [0.717, 1.165) is 19.3 Å². The Hall–Kier alpha value is -1.04. The van der Waals surface area contributed by atoms with E-state index in [9.17, 15) is 4.79 Å². The van der Waals surface area contributed by atoms with Crippen molar-refractivity contribution in [3.8, 4) is 6.07 Å². The number of carbonyl (C=O) groups is 1. The lowest BCUT2D eigenvalue weighted by atomic mass is 9.97. The van der Waals surface area contributed by atoms with E-state index in [1.54, 1.807) is 0 Å². The first-order valence-electron chi connectivity index (χ1n) is 4.90. The molecule has 1 amide bonds. The van der Waals surface area contributed by atoms with Crippen molar-refractivity contribution in [3.63, 3.8) is 0 Å². The van der Waals surface area contributed by atoms with Crippen molar-refractivity contribution < 1.29 is 4.79 Å². The molecule has 0 bridgehead atoms. The first-order valence-corrected chi connectivity index (χ1v) is 4.90. The average molecular weight is 180 g/mol. The summed E-state index contributed by atoms with van der Waals surface area (Å²) in [6, 6.07) is 2.01. The van der Waals surface area contributed by atoms with Gasteiger partial charge in [0, 0.05) is 12.5 Å². The van der Waals surface area contributed by atoms with Crippen molar-refractivity contribution in [3.05, 3.63) is 0 Å². The lowest BCUT2D eigenvalue weighted by molar-refractivity contribution is -0.125. The highest BCUT2D eigenvalue weighted by atomic mass is 16.1. The molecule has 0 aromatic heterocycles. The molecule has 0 aromatic carbocycles. The minimum atomic E-state index is 0.139. The second kappa shape index (κ2) is 4.86. The number of carbonyl (C=O) groups excluding carboxylic acids is 1. The Morgan fingerprint density at radius 3 is 2.92 bits per heavy atom. The van der Waals surface area contributed by atoms with Crippen LogP contribution < -0.4 is 5.32 Å². The van der Waals surface area contributed by atoms with Crippen LogP contribution in [0.4, 0.5) is 0 Å². The molecule has 3 nitrogen and oxygen atoms in total. The quantitative estimate of drug-likeness (QED) is 0.668. The maximum absolute atomic E-state index is 11.5. The van der Waals surface area contributed by atoms with Gasteiger partial charge in [0.1, 0.15) is 0 Å². The Balaban J connectivity index is 2.27. The number of nitriles is 1. The van der Waals surface area contributed by atoms with E-state index in [-0.39, 0.29) is 11.8 Å². The second-order valence-electron chi connectivity index (χ2n) is 3.71. The van der Waals surface area contributed by atoms with Gasteiger partial charge in [-0.05, 0) is 18.8 Å². The summed E-state index contributed by atoms with van der Waals surface area (Å²) < 4.78 is 0. The zero-order valence-electron chi connectivity index (χ0n) is 8.05. The normalized spacial score (nSPS) is 26.8. The molecular weight excluding hydrogens is 164 g/mol. The monoisotopic (exact) mass is 180 g/mol.